The van der Waals surface area contributed by atoms with Crippen LogP contribution in [0.2, 0.25) is 0 Å². The highest BCUT2D eigenvalue weighted by Crippen LogP contribution is 2.26. The van der Waals surface area contributed by atoms with Gasteiger partial charge in [-0.2, -0.15) is 0 Å². The molecule has 0 bridgehead atoms. The molecule has 2 amide bonds. The van der Waals surface area contributed by atoms with Gasteiger partial charge in [0.15, 0.2) is 0 Å². The van der Waals surface area contributed by atoms with E-state index in [1.807, 2.05) is 32.0 Å². The Bertz CT molecular complexity index is 548. The fourth-order valence-electron chi connectivity index (χ4n) is 2.27. The summed E-state index contributed by atoms with van der Waals surface area (Å²) in [5.74, 6) is 1.68. The predicted octanol–water partition coefficient (Wildman–Crippen LogP) is 1.71. The van der Waals surface area contributed by atoms with Gasteiger partial charge in [0.05, 0.1) is 24.8 Å². The number of rotatable bonds is 5. The molecule has 114 valence electrons. The maximum absolute atomic E-state index is 12.1. The summed E-state index contributed by atoms with van der Waals surface area (Å²) in [5, 5.41) is 2.92. The number of methoxy groups -OCH3 is 1. The van der Waals surface area contributed by atoms with Crippen molar-refractivity contribution in [3.8, 4) is 5.75 Å². The minimum absolute atomic E-state index is 0.0240. The van der Waals surface area contributed by atoms with Crippen molar-refractivity contribution in [1.29, 1.82) is 0 Å². The minimum Gasteiger partial charge on any atom is -0.496 e. The zero-order valence-corrected chi connectivity index (χ0v) is 13.3. The van der Waals surface area contributed by atoms with E-state index in [0.29, 0.717) is 11.6 Å². The number of amides is 2. The third-order valence-electron chi connectivity index (χ3n) is 3.39. The number of carbonyl (C=O) groups excluding carboxylic acids is 2. The van der Waals surface area contributed by atoms with Crippen LogP contribution in [0.3, 0.4) is 0 Å². The first-order chi connectivity index (χ1) is 10.0. The van der Waals surface area contributed by atoms with Crippen molar-refractivity contribution in [2.75, 3.05) is 25.3 Å². The number of carbonyl (C=O) groups is 2. The van der Waals surface area contributed by atoms with Crippen molar-refractivity contribution in [3.63, 3.8) is 0 Å². The average Bonchev–Trinajstić information content (AvgIpc) is 2.84. The third kappa shape index (κ3) is 3.91. The highest BCUT2D eigenvalue weighted by Gasteiger charge is 2.24. The summed E-state index contributed by atoms with van der Waals surface area (Å²) in [7, 11) is 1.61. The summed E-state index contributed by atoms with van der Waals surface area (Å²) in [5.41, 5.74) is 2.05. The molecule has 1 aromatic rings. The molecule has 0 radical (unpaired) electrons. The molecule has 21 heavy (non-hydrogen) atoms. The molecule has 0 aromatic heterocycles. The minimum atomic E-state index is -0.169. The van der Waals surface area contributed by atoms with Crippen molar-refractivity contribution < 1.29 is 14.3 Å². The lowest BCUT2D eigenvalue weighted by Gasteiger charge is -2.20. The number of thioether (sulfide) groups is 1. The molecule has 1 heterocycles. The number of nitrogens with zero attached hydrogens (tertiary/aromatic N) is 1. The van der Waals surface area contributed by atoms with Gasteiger partial charge in [0.2, 0.25) is 11.8 Å². The molecule has 1 aliphatic rings. The number of benzene rings is 1. The van der Waals surface area contributed by atoms with E-state index in [2.05, 4.69) is 5.32 Å². The molecule has 0 saturated carbocycles. The van der Waals surface area contributed by atoms with Crippen LogP contribution in [0.25, 0.3) is 0 Å². The fraction of sp³-hybridized carbons (Fsp3) is 0.467. The van der Waals surface area contributed by atoms with Crippen LogP contribution in [0.4, 0.5) is 0 Å². The predicted molar refractivity (Wildman–Crippen MR) is 83.3 cm³/mol. The number of aryl methyl sites for hydroxylation is 1. The topological polar surface area (TPSA) is 58.6 Å². The van der Waals surface area contributed by atoms with Gasteiger partial charge >= 0.3 is 0 Å². The van der Waals surface area contributed by atoms with Gasteiger partial charge in [-0.3, -0.25) is 9.59 Å². The van der Waals surface area contributed by atoms with Crippen LogP contribution in [0, 0.1) is 6.92 Å². The van der Waals surface area contributed by atoms with Gasteiger partial charge in [-0.05, 0) is 19.9 Å². The third-order valence-corrected chi connectivity index (χ3v) is 4.33. The van der Waals surface area contributed by atoms with Gasteiger partial charge in [0.25, 0.3) is 0 Å². The first-order valence-electron chi connectivity index (χ1n) is 6.80. The number of nitrogens with one attached hydrogen (secondary N) is 1. The molecule has 0 spiro atoms. The van der Waals surface area contributed by atoms with E-state index in [0.717, 1.165) is 16.9 Å². The lowest BCUT2D eigenvalue weighted by Crippen LogP contribution is -2.39. The Morgan fingerprint density at radius 2 is 2.29 bits per heavy atom. The molecule has 1 fully saturated rings. The Morgan fingerprint density at radius 3 is 2.90 bits per heavy atom. The van der Waals surface area contributed by atoms with E-state index in [-0.39, 0.29) is 24.4 Å². The second kappa shape index (κ2) is 6.85. The molecule has 1 atom stereocenters. The number of ether oxygens (including phenoxy) is 1. The first kappa shape index (κ1) is 15.7. The zero-order chi connectivity index (χ0) is 15.4. The molecule has 1 aromatic carbocycles. The van der Waals surface area contributed by atoms with Gasteiger partial charge in [0.1, 0.15) is 12.3 Å². The monoisotopic (exact) mass is 308 g/mol. The summed E-state index contributed by atoms with van der Waals surface area (Å²) in [4.78, 5) is 25.1. The molecule has 1 saturated heterocycles. The Labute approximate surface area is 129 Å². The average molecular weight is 308 g/mol. The van der Waals surface area contributed by atoms with Crippen molar-refractivity contribution in [2.45, 2.75) is 19.9 Å². The summed E-state index contributed by atoms with van der Waals surface area (Å²) < 4.78 is 5.33. The Morgan fingerprint density at radius 1 is 1.52 bits per heavy atom. The fourth-order valence-corrected chi connectivity index (χ4v) is 3.17. The molecule has 5 nitrogen and oxygen atoms in total. The highest BCUT2D eigenvalue weighted by atomic mass is 32.2. The van der Waals surface area contributed by atoms with E-state index < -0.39 is 0 Å². The molecular formula is C15H20N2O3S. The van der Waals surface area contributed by atoms with Crippen molar-refractivity contribution in [2.24, 2.45) is 0 Å². The maximum atomic E-state index is 12.1. The molecular weight excluding hydrogens is 288 g/mol. The van der Waals surface area contributed by atoms with Gasteiger partial charge in [-0.15, -0.1) is 11.8 Å². The van der Waals surface area contributed by atoms with Crippen molar-refractivity contribution in [1.82, 2.24) is 10.2 Å². The lowest BCUT2D eigenvalue weighted by molar-refractivity contribution is -0.132. The van der Waals surface area contributed by atoms with E-state index in [9.17, 15) is 9.59 Å². The van der Waals surface area contributed by atoms with E-state index in [1.165, 1.54) is 11.8 Å². The van der Waals surface area contributed by atoms with E-state index in [1.54, 1.807) is 12.0 Å². The number of hydrogen-bond acceptors (Lipinski definition) is 4. The molecule has 1 N–H and O–H groups in total. The normalized spacial score (nSPS) is 16.0. The van der Waals surface area contributed by atoms with Crippen LogP contribution < -0.4 is 10.1 Å². The first-order valence-corrected chi connectivity index (χ1v) is 7.96. The van der Waals surface area contributed by atoms with E-state index in [4.69, 9.17) is 4.74 Å². The smallest absolute Gasteiger partial charge is 0.240 e. The lowest BCUT2D eigenvalue weighted by atomic mass is 10.0. The number of hydrogen-bond donors (Lipinski definition) is 1. The quantitative estimate of drug-likeness (QED) is 0.900. The Kier molecular flexibility index (Phi) is 5.12. The van der Waals surface area contributed by atoms with Crippen molar-refractivity contribution in [3.05, 3.63) is 29.3 Å². The highest BCUT2D eigenvalue weighted by molar-refractivity contribution is 8.00. The van der Waals surface area contributed by atoms with Gasteiger partial charge in [-0.25, -0.2) is 0 Å². The zero-order valence-electron chi connectivity index (χ0n) is 12.5. The standard InChI is InChI=1S/C15H20N2O3S/c1-10-4-5-13(20-3)12(6-10)11(2)16-14(18)7-17-9-21-8-15(17)19/h4-6,11H,7-9H2,1-3H3,(H,16,18). The molecule has 1 unspecified atom stereocenters. The van der Waals surface area contributed by atoms with Gasteiger partial charge in [-0.1, -0.05) is 17.7 Å². The molecule has 6 heteroatoms. The largest absolute Gasteiger partial charge is 0.496 e. The SMILES string of the molecule is COc1ccc(C)cc1C(C)NC(=O)CN1CSCC1=O. The van der Waals surface area contributed by atoms with Crippen molar-refractivity contribution >= 4 is 23.6 Å². The summed E-state index contributed by atoms with van der Waals surface area (Å²) in [6.07, 6.45) is 0. The Balaban J connectivity index is 2.00. The second-order valence-electron chi connectivity index (χ2n) is 5.10. The Hall–Kier alpha value is -1.69. The van der Waals surface area contributed by atoms with Crippen LogP contribution in [0.5, 0.6) is 5.75 Å². The van der Waals surface area contributed by atoms with Crippen LogP contribution in [0.1, 0.15) is 24.1 Å². The second-order valence-corrected chi connectivity index (χ2v) is 6.06. The maximum Gasteiger partial charge on any atom is 0.240 e. The van der Waals surface area contributed by atoms with Gasteiger partial charge < -0.3 is 15.0 Å². The summed E-state index contributed by atoms with van der Waals surface area (Å²) in [6, 6.07) is 5.70. The van der Waals surface area contributed by atoms with Crippen LogP contribution in [-0.2, 0) is 9.59 Å². The van der Waals surface area contributed by atoms with Gasteiger partial charge in [0, 0.05) is 5.56 Å². The molecule has 0 aliphatic carbocycles. The molecule has 2 rings (SSSR count). The van der Waals surface area contributed by atoms with Crippen LogP contribution >= 0.6 is 11.8 Å². The summed E-state index contributed by atoms with van der Waals surface area (Å²) >= 11 is 1.53. The molecule has 1 aliphatic heterocycles. The van der Waals surface area contributed by atoms with Crippen LogP contribution in [-0.4, -0.2) is 42.0 Å². The summed E-state index contributed by atoms with van der Waals surface area (Å²) in [6.45, 7) is 4.03. The van der Waals surface area contributed by atoms with Crippen LogP contribution in [0.15, 0.2) is 18.2 Å². The van der Waals surface area contributed by atoms with E-state index >= 15 is 0 Å².